The van der Waals surface area contributed by atoms with Gasteiger partial charge in [0, 0.05) is 0 Å². The molecule has 0 atom stereocenters. The molecule has 458 valence electrons. The van der Waals surface area contributed by atoms with Gasteiger partial charge in [-0.25, -0.2) is 0 Å². The second-order valence-corrected chi connectivity index (χ2v) is 26.0. The summed E-state index contributed by atoms with van der Waals surface area (Å²) in [6.07, 6.45) is 35.3. The van der Waals surface area contributed by atoms with Gasteiger partial charge in [-0.3, -0.25) is 0 Å². The molecule has 88 heavy (non-hydrogen) atoms. The first kappa shape index (κ1) is 65.4. The normalized spacial score (nSPS) is 11.4. The number of aryl methyl sites for hydroxylation is 6. The van der Waals surface area contributed by atoms with E-state index in [1.165, 1.54) is 276 Å². The molecular formula is C88H106. The SMILES string of the molecule is CCCCCCCCc1cc(-c2cc(-c3cc(CCCCCCCC)c(-c4cccc(-c5ccccc5-c5cccc(C)c5)c4)cc3CCCCCCCC)cc(-c3cc(-c4ccccc4)ccc3-c3ccccc3)c2)c(CCCCCCCC)cc1C. The molecule has 0 heterocycles. The Labute approximate surface area is 534 Å². The van der Waals surface area contributed by atoms with Crippen molar-refractivity contribution in [2.75, 3.05) is 0 Å². The standard InChI is InChI=1S/C88H106/c1-7-11-15-19-23-29-46-71-63-86(74(58-68(71)6)47-30-24-20-16-12-8-2)79-60-80(62-81(61-79)88-64-72(69-42-33-27-34-43-69)55-56-84(88)70-44-35-28-36-45-70)87-66-77(48-31-25-21-17-13-9-3)85(65-78(87)49-32-26-22-18-14-10-4)76-52-40-51-75(59-76)83-54-38-37-53-82(83)73-50-39-41-67(5)57-73/h27-28,33-45,50-66H,7-26,29-32,46-49H2,1-6H3. The highest BCUT2D eigenvalue weighted by molar-refractivity contribution is 5.93. The molecule has 0 saturated carbocycles. The molecule has 0 unspecified atom stereocenters. The third-order valence-corrected chi connectivity index (χ3v) is 18.9. The summed E-state index contributed by atoms with van der Waals surface area (Å²) in [5.41, 5.74) is 29.8. The number of hydrogen-bond acceptors (Lipinski definition) is 0. The molecule has 9 aromatic carbocycles. The number of benzene rings is 9. The van der Waals surface area contributed by atoms with Gasteiger partial charge in [0.15, 0.2) is 0 Å². The molecule has 0 aliphatic carbocycles. The van der Waals surface area contributed by atoms with Gasteiger partial charge >= 0.3 is 0 Å². The van der Waals surface area contributed by atoms with Crippen LogP contribution in [0.15, 0.2) is 194 Å². The number of unbranched alkanes of at least 4 members (excludes halogenated alkanes) is 20. The predicted molar refractivity (Wildman–Crippen MR) is 388 cm³/mol. The summed E-state index contributed by atoms with van der Waals surface area (Å²) in [5, 5.41) is 0. The van der Waals surface area contributed by atoms with E-state index in [2.05, 4.69) is 236 Å². The fourth-order valence-corrected chi connectivity index (χ4v) is 13.8. The van der Waals surface area contributed by atoms with E-state index in [0.717, 1.165) is 25.7 Å². The summed E-state index contributed by atoms with van der Waals surface area (Å²) in [6, 6.07) is 75.7. The topological polar surface area (TPSA) is 0 Å². The third kappa shape index (κ3) is 18.5. The fourth-order valence-electron chi connectivity index (χ4n) is 13.8. The molecule has 0 radical (unpaired) electrons. The monoisotopic (exact) mass is 1160 g/mol. The van der Waals surface area contributed by atoms with Crippen molar-refractivity contribution in [3.63, 3.8) is 0 Å². The molecule has 9 rings (SSSR count). The predicted octanol–water partition coefficient (Wildman–Crippen LogP) is 27.3. The molecule has 0 saturated heterocycles. The van der Waals surface area contributed by atoms with Crippen LogP contribution in [0, 0.1) is 13.8 Å². The van der Waals surface area contributed by atoms with Gasteiger partial charge in [-0.2, -0.15) is 0 Å². The highest BCUT2D eigenvalue weighted by Gasteiger charge is 2.21. The Morgan fingerprint density at radius 2 is 0.534 bits per heavy atom. The maximum atomic E-state index is 2.71. The van der Waals surface area contributed by atoms with Crippen molar-refractivity contribution in [2.45, 2.75) is 221 Å². The Kier molecular flexibility index (Phi) is 26.2. The van der Waals surface area contributed by atoms with Gasteiger partial charge in [0.05, 0.1) is 0 Å². The first-order valence-corrected chi connectivity index (χ1v) is 35.3. The minimum absolute atomic E-state index is 1.05. The van der Waals surface area contributed by atoms with Gasteiger partial charge in [0.25, 0.3) is 0 Å². The molecule has 9 aromatic rings. The van der Waals surface area contributed by atoms with E-state index in [4.69, 9.17) is 0 Å². The van der Waals surface area contributed by atoms with Crippen LogP contribution in [0.2, 0.25) is 0 Å². The van der Waals surface area contributed by atoms with Crippen molar-refractivity contribution < 1.29 is 0 Å². The molecular weight excluding hydrogens is 1060 g/mol. The lowest BCUT2D eigenvalue weighted by molar-refractivity contribution is 0.605. The molecule has 0 bridgehead atoms. The summed E-state index contributed by atoms with van der Waals surface area (Å²) in [4.78, 5) is 0. The molecule has 0 heteroatoms. The van der Waals surface area contributed by atoms with Crippen molar-refractivity contribution in [1.29, 1.82) is 0 Å². The lowest BCUT2D eigenvalue weighted by Crippen LogP contribution is -2.01. The average Bonchev–Trinajstić information content (AvgIpc) is 2.10. The van der Waals surface area contributed by atoms with E-state index >= 15 is 0 Å². The van der Waals surface area contributed by atoms with E-state index in [1.807, 2.05) is 0 Å². The summed E-state index contributed by atoms with van der Waals surface area (Å²) < 4.78 is 0. The Morgan fingerprint density at radius 3 is 1.02 bits per heavy atom. The molecule has 0 aliphatic heterocycles. The van der Waals surface area contributed by atoms with Gasteiger partial charge < -0.3 is 0 Å². The van der Waals surface area contributed by atoms with Gasteiger partial charge in [-0.1, -0.05) is 325 Å². The molecule has 0 aliphatic rings. The minimum atomic E-state index is 1.05. The van der Waals surface area contributed by atoms with Crippen molar-refractivity contribution in [1.82, 2.24) is 0 Å². The van der Waals surface area contributed by atoms with Crippen molar-refractivity contribution >= 4 is 0 Å². The van der Waals surface area contributed by atoms with Crippen LogP contribution in [0.5, 0.6) is 0 Å². The molecule has 0 amide bonds. The third-order valence-electron chi connectivity index (χ3n) is 18.9. The van der Waals surface area contributed by atoms with E-state index < -0.39 is 0 Å². The van der Waals surface area contributed by atoms with E-state index in [1.54, 1.807) is 0 Å². The Bertz CT molecular complexity index is 3540. The van der Waals surface area contributed by atoms with Gasteiger partial charge in [0.2, 0.25) is 0 Å². The molecule has 0 spiro atoms. The summed E-state index contributed by atoms with van der Waals surface area (Å²) in [6.45, 7) is 13.9. The van der Waals surface area contributed by atoms with Gasteiger partial charge in [-0.05, 0) is 212 Å². The Hall–Kier alpha value is -7.02. The Balaban J connectivity index is 1.27. The van der Waals surface area contributed by atoms with Crippen LogP contribution in [-0.4, -0.2) is 0 Å². The van der Waals surface area contributed by atoms with Crippen molar-refractivity contribution in [3.8, 4) is 89.0 Å². The number of hydrogen-bond donors (Lipinski definition) is 0. The highest BCUT2D eigenvalue weighted by atomic mass is 14.2. The smallest absolute Gasteiger partial charge is 0.00988 e. The largest absolute Gasteiger partial charge is 0.0654 e. The molecule has 0 N–H and O–H groups in total. The highest BCUT2D eigenvalue weighted by Crippen LogP contribution is 2.44. The lowest BCUT2D eigenvalue weighted by Gasteiger charge is -2.22. The molecule has 0 aromatic heterocycles. The maximum Gasteiger partial charge on any atom is -0.00988 e. The van der Waals surface area contributed by atoms with E-state index in [9.17, 15) is 0 Å². The summed E-state index contributed by atoms with van der Waals surface area (Å²) >= 11 is 0. The molecule has 0 fully saturated rings. The van der Waals surface area contributed by atoms with Crippen molar-refractivity contribution in [2.24, 2.45) is 0 Å². The van der Waals surface area contributed by atoms with Gasteiger partial charge in [-0.15, -0.1) is 0 Å². The average molecular weight is 1160 g/mol. The minimum Gasteiger partial charge on any atom is -0.0654 e. The van der Waals surface area contributed by atoms with Gasteiger partial charge in [0.1, 0.15) is 0 Å². The van der Waals surface area contributed by atoms with Crippen LogP contribution in [0.4, 0.5) is 0 Å². The fraction of sp³-hybridized carbons (Fsp3) is 0.386. The second kappa shape index (κ2) is 35.2. The van der Waals surface area contributed by atoms with Crippen LogP contribution < -0.4 is 0 Å². The number of rotatable bonds is 36. The lowest BCUT2D eigenvalue weighted by atomic mass is 9.82. The molecule has 0 nitrogen and oxygen atoms in total. The second-order valence-electron chi connectivity index (χ2n) is 26.0. The van der Waals surface area contributed by atoms with Crippen LogP contribution in [0.25, 0.3) is 89.0 Å². The zero-order valence-corrected chi connectivity index (χ0v) is 55.3. The van der Waals surface area contributed by atoms with Crippen LogP contribution in [0.1, 0.15) is 215 Å². The zero-order chi connectivity index (χ0) is 61.1. The maximum absolute atomic E-state index is 2.71. The van der Waals surface area contributed by atoms with Crippen LogP contribution in [0.3, 0.4) is 0 Å². The van der Waals surface area contributed by atoms with Crippen LogP contribution in [-0.2, 0) is 25.7 Å². The zero-order valence-electron chi connectivity index (χ0n) is 55.3. The quantitative estimate of drug-likeness (QED) is 0.0343. The van der Waals surface area contributed by atoms with E-state index in [-0.39, 0.29) is 0 Å². The van der Waals surface area contributed by atoms with Crippen LogP contribution >= 0.6 is 0 Å². The van der Waals surface area contributed by atoms with Crippen molar-refractivity contribution in [3.05, 3.63) is 228 Å². The van der Waals surface area contributed by atoms with E-state index in [0.29, 0.717) is 0 Å². The Morgan fingerprint density at radius 1 is 0.193 bits per heavy atom. The first-order chi connectivity index (χ1) is 43.3. The summed E-state index contributed by atoms with van der Waals surface area (Å²) in [7, 11) is 0. The first-order valence-electron chi connectivity index (χ1n) is 35.3. The summed E-state index contributed by atoms with van der Waals surface area (Å²) in [5.74, 6) is 0.